The summed E-state index contributed by atoms with van der Waals surface area (Å²) in [6, 6.07) is 13.1. The number of aryl methyl sites for hydroxylation is 2. The number of aliphatic hydroxyl groups is 1. The van der Waals surface area contributed by atoms with Crippen LogP contribution in [0.25, 0.3) is 0 Å². The van der Waals surface area contributed by atoms with E-state index < -0.39 is 53.6 Å². The molecular weight excluding hydrogens is 702 g/mol. The molecule has 0 aliphatic carbocycles. The molecule has 3 heterocycles. The molecule has 11 heteroatoms. The van der Waals surface area contributed by atoms with Gasteiger partial charge in [-0.1, -0.05) is 84.4 Å². The summed E-state index contributed by atoms with van der Waals surface area (Å²) < 4.78 is 12.9. The van der Waals surface area contributed by atoms with Gasteiger partial charge in [0.25, 0.3) is 5.91 Å². The van der Waals surface area contributed by atoms with Gasteiger partial charge in [-0.15, -0.1) is 13.2 Å². The number of halogens is 1. The summed E-state index contributed by atoms with van der Waals surface area (Å²) in [7, 11) is 0. The van der Waals surface area contributed by atoms with E-state index in [9.17, 15) is 19.5 Å². The maximum Gasteiger partial charge on any atom is 0.313 e. The van der Waals surface area contributed by atoms with Gasteiger partial charge in [-0.3, -0.25) is 19.2 Å². The molecule has 3 aliphatic rings. The van der Waals surface area contributed by atoms with E-state index in [1.807, 2.05) is 76.2 Å². The predicted molar refractivity (Wildman–Crippen MR) is 194 cm³/mol. The van der Waals surface area contributed by atoms with E-state index in [1.165, 1.54) is 4.90 Å². The molecule has 2 aromatic carbocycles. The van der Waals surface area contributed by atoms with Crippen LogP contribution >= 0.6 is 15.9 Å². The second-order valence-electron chi connectivity index (χ2n) is 13.9. The Morgan fingerprint density at radius 3 is 2.52 bits per heavy atom. The van der Waals surface area contributed by atoms with Gasteiger partial charge in [0.2, 0.25) is 11.8 Å². The average molecular weight is 751 g/mol. The Morgan fingerprint density at radius 1 is 1.16 bits per heavy atom. The third-order valence-corrected chi connectivity index (χ3v) is 11.1. The summed E-state index contributed by atoms with van der Waals surface area (Å²) >= 11 is 3.74. The zero-order valence-electron chi connectivity index (χ0n) is 29.2. The number of nitrogens with one attached hydrogen (secondary N) is 1. The van der Waals surface area contributed by atoms with E-state index in [1.54, 1.807) is 17.1 Å². The second-order valence-corrected chi connectivity index (χ2v) is 15.1. The van der Waals surface area contributed by atoms with E-state index in [-0.39, 0.29) is 48.7 Å². The first-order chi connectivity index (χ1) is 23.9. The average Bonchev–Trinajstić information content (AvgIpc) is 3.69. The molecule has 3 saturated heterocycles. The fourth-order valence-corrected chi connectivity index (χ4v) is 8.77. The molecule has 10 nitrogen and oxygen atoms in total. The number of amides is 3. The lowest BCUT2D eigenvalue weighted by atomic mass is 9.70. The number of esters is 1. The second kappa shape index (κ2) is 15.6. The third kappa shape index (κ3) is 6.92. The van der Waals surface area contributed by atoms with Crippen LogP contribution in [0.5, 0.6) is 0 Å². The van der Waals surface area contributed by atoms with E-state index in [4.69, 9.17) is 9.47 Å². The molecule has 8 atom stereocenters. The minimum Gasteiger partial charge on any atom is -0.455 e. The van der Waals surface area contributed by atoms with Gasteiger partial charge < -0.3 is 29.7 Å². The van der Waals surface area contributed by atoms with Crippen molar-refractivity contribution in [1.29, 1.82) is 0 Å². The minimum atomic E-state index is -1.36. The first-order valence-electron chi connectivity index (χ1n) is 17.3. The molecule has 50 heavy (non-hydrogen) atoms. The van der Waals surface area contributed by atoms with Crippen LogP contribution in [0, 0.1) is 31.6 Å². The molecule has 2 N–H and O–H groups in total. The van der Waals surface area contributed by atoms with Gasteiger partial charge in [0, 0.05) is 23.5 Å². The van der Waals surface area contributed by atoms with E-state index >= 15 is 4.79 Å². The van der Waals surface area contributed by atoms with Crippen molar-refractivity contribution < 1.29 is 33.8 Å². The lowest BCUT2D eigenvalue weighted by molar-refractivity contribution is -0.161. The fourth-order valence-electron chi connectivity index (χ4n) is 7.83. The number of anilines is 1. The van der Waals surface area contributed by atoms with Crippen molar-refractivity contribution >= 4 is 45.3 Å². The quantitative estimate of drug-likeness (QED) is 0.150. The van der Waals surface area contributed by atoms with Gasteiger partial charge in [0.1, 0.15) is 17.7 Å². The van der Waals surface area contributed by atoms with Gasteiger partial charge >= 0.3 is 5.97 Å². The summed E-state index contributed by atoms with van der Waals surface area (Å²) in [5.41, 5.74) is 1.84. The highest BCUT2D eigenvalue weighted by Crippen LogP contribution is 2.61. The largest absolute Gasteiger partial charge is 0.455 e. The van der Waals surface area contributed by atoms with E-state index in [0.29, 0.717) is 24.1 Å². The van der Waals surface area contributed by atoms with E-state index in [0.717, 1.165) is 11.1 Å². The maximum absolute atomic E-state index is 15.0. The fraction of sp³-hybridized carbons (Fsp3) is 0.487. The molecule has 0 saturated carbocycles. The normalized spacial score (nSPS) is 26.3. The first-order valence-corrected chi connectivity index (χ1v) is 18.2. The van der Waals surface area contributed by atoms with Crippen LogP contribution < -0.4 is 10.2 Å². The number of carbonyl (C=O) groups is 4. The molecule has 3 aliphatic heterocycles. The van der Waals surface area contributed by atoms with Gasteiger partial charge in [0.15, 0.2) is 0 Å². The van der Waals surface area contributed by atoms with Crippen molar-refractivity contribution in [3.63, 3.8) is 0 Å². The van der Waals surface area contributed by atoms with Crippen LogP contribution in [-0.2, 0) is 28.7 Å². The molecule has 2 aromatic rings. The van der Waals surface area contributed by atoms with Crippen molar-refractivity contribution in [2.24, 2.45) is 17.8 Å². The summed E-state index contributed by atoms with van der Waals surface area (Å²) in [5.74, 6) is -3.92. The lowest BCUT2D eigenvalue weighted by Crippen LogP contribution is -2.60. The lowest BCUT2D eigenvalue weighted by Gasteiger charge is -2.40. The van der Waals surface area contributed by atoms with Gasteiger partial charge in [-0.25, -0.2) is 0 Å². The van der Waals surface area contributed by atoms with Crippen LogP contribution in [0.1, 0.15) is 55.9 Å². The predicted octanol–water partition coefficient (Wildman–Crippen LogP) is 4.95. The summed E-state index contributed by atoms with van der Waals surface area (Å²) in [6.45, 7) is 15.1. The molecular formula is C39H48BrN3O7. The molecule has 3 amide bonds. The summed E-state index contributed by atoms with van der Waals surface area (Å²) in [4.78, 5) is 59.5. The highest BCUT2D eigenvalue weighted by atomic mass is 79.9. The number of hydrogen-bond acceptors (Lipinski definition) is 7. The van der Waals surface area contributed by atoms with E-state index in [2.05, 4.69) is 34.4 Å². The molecule has 1 spiro atoms. The van der Waals surface area contributed by atoms with Gasteiger partial charge in [-0.05, 0) is 55.4 Å². The van der Waals surface area contributed by atoms with Crippen molar-refractivity contribution in [2.75, 3.05) is 24.6 Å². The highest BCUT2D eigenvalue weighted by Gasteiger charge is 2.77. The zero-order chi connectivity index (χ0) is 36.3. The first kappa shape index (κ1) is 37.5. The Balaban J connectivity index is 1.54. The highest BCUT2D eigenvalue weighted by molar-refractivity contribution is 9.09. The zero-order valence-corrected chi connectivity index (χ0v) is 30.8. The topological polar surface area (TPSA) is 125 Å². The van der Waals surface area contributed by atoms with Crippen LogP contribution in [-0.4, -0.2) is 82.0 Å². The number of fused-ring (bicyclic) bond motifs is 1. The standard InChI is InChI=1S/C39H48BrN3O7/c1-7-9-15-31(45)41-21-30(26-13-11-10-12-14-26)49-38(48)32-33-36(46)43(29(22-44)23(3)4)35(39(33)20-27(40)34(32)50-39)37(47)42(18-8-2)28-19-24(5)16-17-25(28)6/h7-8,10-14,16-17,19,23,27,29-30,32-35,44H,1-2,9,15,18,20-22H2,3-6H3,(H,41,45)/t27?,29-,30-,32-,33+,34-,35-,39+/m0/s1. The van der Waals surface area contributed by atoms with Crippen molar-refractivity contribution in [3.05, 3.63) is 90.5 Å². The Kier molecular flexibility index (Phi) is 11.7. The summed E-state index contributed by atoms with van der Waals surface area (Å²) in [5, 5.41) is 13.5. The number of aliphatic hydroxyl groups excluding tert-OH is 1. The number of nitrogens with zero attached hydrogens (tertiary/aromatic N) is 2. The Bertz CT molecular complexity index is 1620. The van der Waals surface area contributed by atoms with Crippen LogP contribution in [0.15, 0.2) is 73.8 Å². The monoisotopic (exact) mass is 749 g/mol. The number of ether oxygens (including phenoxy) is 2. The number of alkyl halides is 1. The molecule has 0 aromatic heterocycles. The Morgan fingerprint density at radius 2 is 1.88 bits per heavy atom. The molecule has 1 unspecified atom stereocenters. The molecule has 2 bridgehead atoms. The third-order valence-electron chi connectivity index (χ3n) is 10.3. The SMILES string of the molecule is C=CCCC(=O)NC[C@H](OC(=O)[C@@H]1[C@H]2O[C@@]3(CC2Br)[C@H](C(=O)N(CC=C)c2cc(C)ccc2C)N([C@@H](CO)C(C)C)C(=O)[C@@H]13)c1ccccc1. The van der Waals surface area contributed by atoms with Crippen LogP contribution in [0.2, 0.25) is 0 Å². The van der Waals surface area contributed by atoms with Crippen molar-refractivity contribution in [1.82, 2.24) is 10.2 Å². The van der Waals surface area contributed by atoms with Crippen LogP contribution in [0.3, 0.4) is 0 Å². The number of hydrogen-bond donors (Lipinski definition) is 2. The number of rotatable bonds is 15. The van der Waals surface area contributed by atoms with Gasteiger partial charge in [-0.2, -0.15) is 0 Å². The van der Waals surface area contributed by atoms with Crippen LogP contribution in [0.4, 0.5) is 5.69 Å². The summed E-state index contributed by atoms with van der Waals surface area (Å²) in [6.07, 6.45) is 2.79. The minimum absolute atomic E-state index is 0.0327. The van der Waals surface area contributed by atoms with Crippen molar-refractivity contribution in [2.45, 2.75) is 81.7 Å². The van der Waals surface area contributed by atoms with Crippen molar-refractivity contribution in [3.8, 4) is 0 Å². The molecule has 268 valence electrons. The maximum atomic E-state index is 15.0. The smallest absolute Gasteiger partial charge is 0.313 e. The number of allylic oxidation sites excluding steroid dienone is 1. The van der Waals surface area contributed by atoms with Gasteiger partial charge in [0.05, 0.1) is 37.1 Å². The number of likely N-dealkylation sites (tertiary alicyclic amines) is 1. The Hall–Kier alpha value is -3.80. The number of benzene rings is 2. The molecule has 0 radical (unpaired) electrons. The Labute approximate surface area is 303 Å². The molecule has 5 rings (SSSR count). The molecule has 3 fully saturated rings. The number of carbonyl (C=O) groups excluding carboxylic acids is 4.